The summed E-state index contributed by atoms with van der Waals surface area (Å²) in [7, 11) is 0. The van der Waals surface area contributed by atoms with E-state index in [2.05, 4.69) is 0 Å². The van der Waals surface area contributed by atoms with Crippen LogP contribution in [-0.4, -0.2) is 5.91 Å². The number of carbonyl (C=O) groups is 1. The van der Waals surface area contributed by atoms with Gasteiger partial charge in [-0.1, -0.05) is 48.5 Å². The largest absolute Gasteiger partial charge is 0.369 e. The molecule has 0 unspecified atom stereocenters. The predicted octanol–water partition coefficient (Wildman–Crippen LogP) is 2.46. The van der Waals surface area contributed by atoms with Crippen molar-refractivity contribution in [3.8, 4) is 11.1 Å². The Morgan fingerprint density at radius 3 is 1.76 bits per heavy atom. The summed E-state index contributed by atoms with van der Waals surface area (Å²) < 4.78 is 0. The molecule has 1 aliphatic carbocycles. The van der Waals surface area contributed by atoms with E-state index in [9.17, 15) is 4.79 Å². The van der Waals surface area contributed by atoms with Crippen LogP contribution < -0.4 is 5.73 Å². The standard InChI is InChI=1S/C15H13NO/c1-15(14(16)17)12-8-4-2-6-10(12)11-7-3-5-9-13(11)15/h2-9H,1H3,(H2,16,17). The molecule has 2 aromatic rings. The molecule has 1 aliphatic rings. The molecule has 0 bridgehead atoms. The number of carbonyl (C=O) groups excluding carboxylic acids is 1. The molecule has 0 aromatic heterocycles. The minimum Gasteiger partial charge on any atom is -0.369 e. The van der Waals surface area contributed by atoms with Gasteiger partial charge in [0.05, 0.1) is 5.41 Å². The van der Waals surface area contributed by atoms with E-state index in [1.165, 1.54) is 0 Å². The molecular formula is C15H13NO. The highest BCUT2D eigenvalue weighted by Crippen LogP contribution is 2.48. The van der Waals surface area contributed by atoms with Gasteiger partial charge in [-0.25, -0.2) is 0 Å². The lowest BCUT2D eigenvalue weighted by atomic mass is 9.79. The van der Waals surface area contributed by atoms with Crippen molar-refractivity contribution in [1.82, 2.24) is 0 Å². The Balaban J connectivity index is 2.43. The zero-order valence-electron chi connectivity index (χ0n) is 9.60. The first-order valence-electron chi connectivity index (χ1n) is 5.65. The maximum atomic E-state index is 11.9. The van der Waals surface area contributed by atoms with E-state index in [0.29, 0.717) is 0 Å². The van der Waals surface area contributed by atoms with Gasteiger partial charge in [0.1, 0.15) is 0 Å². The molecule has 0 atom stereocenters. The van der Waals surface area contributed by atoms with E-state index >= 15 is 0 Å². The molecule has 0 saturated heterocycles. The summed E-state index contributed by atoms with van der Waals surface area (Å²) in [4.78, 5) is 11.9. The fraction of sp³-hybridized carbons (Fsp3) is 0.133. The number of nitrogens with two attached hydrogens (primary N) is 1. The molecule has 0 radical (unpaired) electrons. The maximum absolute atomic E-state index is 11.9. The van der Waals surface area contributed by atoms with Crippen molar-refractivity contribution in [2.45, 2.75) is 12.3 Å². The third-order valence-electron chi connectivity index (χ3n) is 3.71. The summed E-state index contributed by atoms with van der Waals surface area (Å²) in [5.41, 5.74) is 9.17. The fourth-order valence-electron chi connectivity index (χ4n) is 2.72. The van der Waals surface area contributed by atoms with Crippen molar-refractivity contribution < 1.29 is 4.79 Å². The first-order valence-corrected chi connectivity index (χ1v) is 5.65. The molecule has 0 saturated carbocycles. The van der Waals surface area contributed by atoms with Gasteiger partial charge in [0.15, 0.2) is 0 Å². The lowest BCUT2D eigenvalue weighted by Crippen LogP contribution is -2.37. The van der Waals surface area contributed by atoms with Crippen LogP contribution in [0.3, 0.4) is 0 Å². The monoisotopic (exact) mass is 223 g/mol. The molecule has 0 heterocycles. The highest BCUT2D eigenvalue weighted by atomic mass is 16.1. The number of primary amides is 1. The minimum atomic E-state index is -0.701. The van der Waals surface area contributed by atoms with Crippen LogP contribution in [0.25, 0.3) is 11.1 Å². The lowest BCUT2D eigenvalue weighted by molar-refractivity contribution is -0.121. The Morgan fingerprint density at radius 1 is 0.941 bits per heavy atom. The smallest absolute Gasteiger partial charge is 0.232 e. The highest BCUT2D eigenvalue weighted by Gasteiger charge is 2.43. The number of amides is 1. The molecule has 2 heteroatoms. The summed E-state index contributed by atoms with van der Waals surface area (Å²) >= 11 is 0. The highest BCUT2D eigenvalue weighted by molar-refractivity contribution is 5.99. The number of rotatable bonds is 1. The molecule has 17 heavy (non-hydrogen) atoms. The first kappa shape index (κ1) is 10.1. The second kappa shape index (κ2) is 3.20. The van der Waals surface area contributed by atoms with Crippen LogP contribution >= 0.6 is 0 Å². The first-order chi connectivity index (χ1) is 8.15. The quantitative estimate of drug-likeness (QED) is 0.792. The van der Waals surface area contributed by atoms with E-state index in [-0.39, 0.29) is 5.91 Å². The van der Waals surface area contributed by atoms with Crippen molar-refractivity contribution in [3.63, 3.8) is 0 Å². The lowest BCUT2D eigenvalue weighted by Gasteiger charge is -2.22. The summed E-state index contributed by atoms with van der Waals surface area (Å²) in [6, 6.07) is 15.9. The van der Waals surface area contributed by atoms with E-state index in [0.717, 1.165) is 22.3 Å². The van der Waals surface area contributed by atoms with Gasteiger partial charge in [-0.2, -0.15) is 0 Å². The summed E-state index contributed by atoms with van der Waals surface area (Å²) in [5.74, 6) is -0.296. The van der Waals surface area contributed by atoms with Crippen LogP contribution in [0.15, 0.2) is 48.5 Å². The Kier molecular flexibility index (Phi) is 1.90. The minimum absolute atomic E-state index is 0.296. The van der Waals surface area contributed by atoms with Crippen molar-refractivity contribution >= 4 is 5.91 Å². The average Bonchev–Trinajstić information content (AvgIpc) is 2.63. The molecule has 0 fully saturated rings. The van der Waals surface area contributed by atoms with Gasteiger partial charge in [0, 0.05) is 0 Å². The normalized spacial score (nSPS) is 15.1. The Hall–Kier alpha value is -2.09. The van der Waals surface area contributed by atoms with Crippen LogP contribution in [-0.2, 0) is 10.2 Å². The fourth-order valence-corrected chi connectivity index (χ4v) is 2.72. The van der Waals surface area contributed by atoms with E-state index in [1.54, 1.807) is 0 Å². The van der Waals surface area contributed by atoms with Crippen molar-refractivity contribution in [2.24, 2.45) is 5.73 Å². The zero-order chi connectivity index (χ0) is 12.0. The Morgan fingerprint density at radius 2 is 1.35 bits per heavy atom. The average molecular weight is 223 g/mol. The molecule has 0 aliphatic heterocycles. The molecular weight excluding hydrogens is 210 g/mol. The van der Waals surface area contributed by atoms with Gasteiger partial charge < -0.3 is 5.73 Å². The number of fused-ring (bicyclic) bond motifs is 3. The molecule has 84 valence electrons. The van der Waals surface area contributed by atoms with Gasteiger partial charge in [-0.05, 0) is 29.2 Å². The van der Waals surface area contributed by atoms with Crippen LogP contribution in [0.1, 0.15) is 18.1 Å². The van der Waals surface area contributed by atoms with Gasteiger partial charge in [-0.3, -0.25) is 4.79 Å². The molecule has 2 nitrogen and oxygen atoms in total. The Bertz CT molecular complexity index is 570. The second-order valence-electron chi connectivity index (χ2n) is 4.58. The van der Waals surface area contributed by atoms with Gasteiger partial charge in [-0.15, -0.1) is 0 Å². The van der Waals surface area contributed by atoms with Crippen molar-refractivity contribution in [3.05, 3.63) is 59.7 Å². The zero-order valence-corrected chi connectivity index (χ0v) is 9.60. The number of hydrogen-bond donors (Lipinski definition) is 1. The van der Waals surface area contributed by atoms with Crippen LogP contribution in [0, 0.1) is 0 Å². The molecule has 2 aromatic carbocycles. The predicted molar refractivity (Wildman–Crippen MR) is 67.5 cm³/mol. The van der Waals surface area contributed by atoms with Gasteiger partial charge in [0.2, 0.25) is 5.91 Å². The van der Waals surface area contributed by atoms with Crippen LogP contribution in [0.5, 0.6) is 0 Å². The third-order valence-corrected chi connectivity index (χ3v) is 3.71. The molecule has 3 rings (SSSR count). The van der Waals surface area contributed by atoms with Crippen LogP contribution in [0.2, 0.25) is 0 Å². The Labute approximate surface area is 100 Å². The van der Waals surface area contributed by atoms with Crippen LogP contribution in [0.4, 0.5) is 0 Å². The number of hydrogen-bond acceptors (Lipinski definition) is 1. The molecule has 0 spiro atoms. The van der Waals surface area contributed by atoms with Gasteiger partial charge >= 0.3 is 0 Å². The van der Waals surface area contributed by atoms with E-state index in [1.807, 2.05) is 55.5 Å². The summed E-state index contributed by atoms with van der Waals surface area (Å²) in [6.07, 6.45) is 0. The molecule has 1 amide bonds. The number of benzene rings is 2. The summed E-state index contributed by atoms with van der Waals surface area (Å²) in [5, 5.41) is 0. The molecule has 2 N–H and O–H groups in total. The second-order valence-corrected chi connectivity index (χ2v) is 4.58. The van der Waals surface area contributed by atoms with E-state index < -0.39 is 5.41 Å². The third kappa shape index (κ3) is 1.12. The SMILES string of the molecule is CC1(C(N)=O)c2ccccc2-c2ccccc21. The topological polar surface area (TPSA) is 43.1 Å². The van der Waals surface area contributed by atoms with E-state index in [4.69, 9.17) is 5.73 Å². The maximum Gasteiger partial charge on any atom is 0.232 e. The van der Waals surface area contributed by atoms with Crippen molar-refractivity contribution in [1.29, 1.82) is 0 Å². The van der Waals surface area contributed by atoms with Crippen molar-refractivity contribution in [2.75, 3.05) is 0 Å². The summed E-state index contributed by atoms with van der Waals surface area (Å²) in [6.45, 7) is 1.90. The van der Waals surface area contributed by atoms with Gasteiger partial charge in [0.25, 0.3) is 0 Å².